The molecule has 7 aromatic rings. The molecule has 0 saturated heterocycles. The molecule has 0 aliphatic heterocycles. The van der Waals surface area contributed by atoms with Crippen LogP contribution in [0.25, 0.3) is 28.2 Å². The number of allylic oxidation sites excluding steroid dienone is 6. The van der Waals surface area contributed by atoms with E-state index in [0.717, 1.165) is 58.4 Å². The average Bonchev–Trinajstić information content (AvgIpc) is 3.62. The number of nitrogens with two attached hydrogens (primary N) is 1. The molecule has 0 spiro atoms. The highest BCUT2D eigenvalue weighted by atomic mass is 15.3. The molecule has 0 atom stereocenters. The van der Waals surface area contributed by atoms with E-state index in [1.54, 1.807) is 0 Å². The lowest BCUT2D eigenvalue weighted by atomic mass is 9.64. The van der Waals surface area contributed by atoms with E-state index in [-0.39, 0.29) is 11.5 Å². The van der Waals surface area contributed by atoms with Gasteiger partial charge in [0.2, 0.25) is 0 Å². The van der Waals surface area contributed by atoms with Crippen LogP contribution in [0.15, 0.2) is 211 Å². The topological polar surface area (TPSA) is 55.3 Å². The number of nitrogens with zero attached hydrogens (tertiary/aromatic N) is 2. The summed E-state index contributed by atoms with van der Waals surface area (Å²) in [6, 6.07) is 59.8. The summed E-state index contributed by atoms with van der Waals surface area (Å²) in [7, 11) is 0. The molecule has 9 rings (SSSR count). The van der Waals surface area contributed by atoms with Gasteiger partial charge in [0.05, 0.1) is 11.2 Å². The number of benzene rings is 6. The van der Waals surface area contributed by atoms with Crippen LogP contribution in [-0.4, -0.2) is 10.4 Å². The Hall–Kier alpha value is -6.75. The lowest BCUT2D eigenvalue weighted by Crippen LogP contribution is -2.31. The lowest BCUT2D eigenvalue weighted by molar-refractivity contribution is 0.616. The zero-order valence-electron chi connectivity index (χ0n) is 31.4. The quantitative estimate of drug-likeness (QED) is 0.0744. The molecule has 4 heteroatoms. The van der Waals surface area contributed by atoms with Gasteiger partial charge < -0.3 is 9.99 Å². The third-order valence-corrected chi connectivity index (χ3v) is 11.5. The largest absolute Gasteiger partial charge is 0.309 e. The molecule has 1 aromatic heterocycles. The van der Waals surface area contributed by atoms with Crippen molar-refractivity contribution in [3.05, 3.63) is 245 Å². The number of hydrogen-bond donors (Lipinski definition) is 2. The number of para-hydroxylation sites is 1. The Morgan fingerprint density at radius 1 is 0.661 bits per heavy atom. The summed E-state index contributed by atoms with van der Waals surface area (Å²) in [6.45, 7) is 4.94. The van der Waals surface area contributed by atoms with Crippen molar-refractivity contribution < 1.29 is 0 Å². The summed E-state index contributed by atoms with van der Waals surface area (Å²) in [5, 5.41) is 1.19. The van der Waals surface area contributed by atoms with Gasteiger partial charge in [-0.15, -0.1) is 0 Å². The molecule has 2 aliphatic rings. The fourth-order valence-electron chi connectivity index (χ4n) is 8.86. The Bertz CT molecular complexity index is 2550. The second-order valence-corrected chi connectivity index (χ2v) is 14.6. The second-order valence-electron chi connectivity index (χ2n) is 14.6. The second kappa shape index (κ2) is 15.2. The molecule has 1 heterocycles. The number of hydrogen-bond acceptors (Lipinski definition) is 2. The highest BCUT2D eigenvalue weighted by molar-refractivity contribution is 6.03. The fraction of sp³-hybridized carbons (Fsp3) is 0.0962. The highest BCUT2D eigenvalue weighted by Gasteiger charge is 2.40. The van der Waals surface area contributed by atoms with Crippen LogP contribution in [0.1, 0.15) is 64.4 Å². The van der Waals surface area contributed by atoms with Gasteiger partial charge in [-0.1, -0.05) is 164 Å². The Balaban J connectivity index is 1.19. The number of amidine groups is 1. The monoisotopic (exact) mass is 724 g/mol. The van der Waals surface area contributed by atoms with Crippen LogP contribution >= 0.6 is 0 Å². The minimum Gasteiger partial charge on any atom is -0.309 e. The van der Waals surface area contributed by atoms with Crippen molar-refractivity contribution in [2.45, 2.75) is 30.7 Å². The van der Waals surface area contributed by atoms with Gasteiger partial charge in [0, 0.05) is 27.6 Å². The number of hydrazine groups is 1. The molecule has 0 bridgehead atoms. The third-order valence-electron chi connectivity index (χ3n) is 11.5. The summed E-state index contributed by atoms with van der Waals surface area (Å²) in [5.74, 6) is 6.84. The van der Waals surface area contributed by atoms with E-state index in [4.69, 9.17) is 17.4 Å². The zero-order valence-corrected chi connectivity index (χ0v) is 31.4. The number of rotatable bonds is 7. The van der Waals surface area contributed by atoms with E-state index in [0.29, 0.717) is 5.84 Å². The van der Waals surface area contributed by atoms with Gasteiger partial charge in [-0.2, -0.15) is 0 Å². The molecule has 0 saturated carbocycles. The Kier molecular flexibility index (Phi) is 9.48. The molecule has 6 aromatic carbocycles. The number of aliphatic imine (C=N–C) groups is 1. The van der Waals surface area contributed by atoms with Crippen molar-refractivity contribution in [3.63, 3.8) is 0 Å². The van der Waals surface area contributed by atoms with Crippen molar-refractivity contribution in [1.82, 2.24) is 9.99 Å². The first kappa shape index (κ1) is 35.0. The standard InChI is InChI=1S/C52H44N4/c1-37-44-27-14-16-29-46(44)52(41-23-10-4-11-24-41,42-25-12-5-13-26-42)36-18-31-48-49(37)45-28-15-17-30-47(45)56(48)43-34-32-40(33-35-43)51(55-53)54-50(38-19-6-2-7-20-38)39-21-8-3-9-22-39/h2-13,15-26,28-35,50H,1,14,27,36,53H2,(H,54,55)/b31-18-. The summed E-state index contributed by atoms with van der Waals surface area (Å²) >= 11 is 0. The molecule has 0 unspecified atom stereocenters. The molecule has 0 fully saturated rings. The highest BCUT2D eigenvalue weighted by Crippen LogP contribution is 2.51. The smallest absolute Gasteiger partial charge is 0.143 e. The van der Waals surface area contributed by atoms with Crippen LogP contribution in [-0.2, 0) is 5.41 Å². The lowest BCUT2D eigenvalue weighted by Gasteiger charge is -2.39. The van der Waals surface area contributed by atoms with Crippen molar-refractivity contribution in [2.75, 3.05) is 0 Å². The number of aromatic nitrogens is 1. The molecule has 0 amide bonds. The Morgan fingerprint density at radius 3 is 1.84 bits per heavy atom. The summed E-state index contributed by atoms with van der Waals surface area (Å²) in [4.78, 5) is 5.20. The van der Waals surface area contributed by atoms with E-state index in [1.807, 2.05) is 36.4 Å². The van der Waals surface area contributed by atoms with Gasteiger partial charge in [-0.3, -0.25) is 4.99 Å². The van der Waals surface area contributed by atoms with Crippen LogP contribution in [0.5, 0.6) is 0 Å². The Morgan fingerprint density at radius 2 is 1.23 bits per heavy atom. The fourth-order valence-corrected chi connectivity index (χ4v) is 8.86. The SMILES string of the molecule is C=C1C2=C(C=CCC2)C(c2ccccc2)(c2ccccc2)C/C=C\c2c1c1ccccc1n2-c1ccc(C(=NC(c2ccccc2)c2ccccc2)NN)cc1. The van der Waals surface area contributed by atoms with E-state index in [2.05, 4.69) is 168 Å². The van der Waals surface area contributed by atoms with Crippen molar-refractivity contribution >= 4 is 28.4 Å². The number of nitrogens with one attached hydrogen (secondary N) is 1. The first-order valence-corrected chi connectivity index (χ1v) is 19.4. The Labute approximate surface area is 329 Å². The van der Waals surface area contributed by atoms with Crippen LogP contribution in [0.2, 0.25) is 0 Å². The first-order chi connectivity index (χ1) is 27.7. The molecule has 4 nitrogen and oxygen atoms in total. The van der Waals surface area contributed by atoms with Gasteiger partial charge in [-0.25, -0.2) is 5.84 Å². The molecular weight excluding hydrogens is 681 g/mol. The van der Waals surface area contributed by atoms with Crippen LogP contribution in [0.4, 0.5) is 0 Å². The molecule has 2 aliphatic carbocycles. The van der Waals surface area contributed by atoms with Crippen molar-refractivity contribution in [3.8, 4) is 5.69 Å². The maximum absolute atomic E-state index is 6.22. The molecule has 272 valence electrons. The van der Waals surface area contributed by atoms with Crippen LogP contribution < -0.4 is 11.3 Å². The van der Waals surface area contributed by atoms with Gasteiger partial charge in [-0.05, 0) is 94.6 Å². The summed E-state index contributed by atoms with van der Waals surface area (Å²) in [6.07, 6.45) is 12.1. The molecule has 56 heavy (non-hydrogen) atoms. The van der Waals surface area contributed by atoms with E-state index < -0.39 is 0 Å². The first-order valence-electron chi connectivity index (χ1n) is 19.4. The van der Waals surface area contributed by atoms with Gasteiger partial charge in [0.1, 0.15) is 11.9 Å². The van der Waals surface area contributed by atoms with E-state index in [1.165, 1.54) is 33.2 Å². The van der Waals surface area contributed by atoms with Crippen LogP contribution in [0.3, 0.4) is 0 Å². The predicted molar refractivity (Wildman–Crippen MR) is 234 cm³/mol. The normalized spacial score (nSPS) is 15.8. The average molecular weight is 725 g/mol. The van der Waals surface area contributed by atoms with E-state index >= 15 is 0 Å². The maximum atomic E-state index is 6.22. The zero-order chi connectivity index (χ0) is 37.9. The maximum Gasteiger partial charge on any atom is 0.143 e. The number of fused-ring (bicyclic) bond motifs is 3. The van der Waals surface area contributed by atoms with Gasteiger partial charge in [0.15, 0.2) is 0 Å². The minimum absolute atomic E-state index is 0.218. The van der Waals surface area contributed by atoms with Gasteiger partial charge in [0.25, 0.3) is 0 Å². The van der Waals surface area contributed by atoms with Crippen molar-refractivity contribution in [2.24, 2.45) is 10.8 Å². The summed E-state index contributed by atoms with van der Waals surface area (Å²) < 4.78 is 2.39. The van der Waals surface area contributed by atoms with E-state index in [9.17, 15) is 0 Å². The third kappa shape index (κ3) is 6.14. The van der Waals surface area contributed by atoms with Crippen molar-refractivity contribution in [1.29, 1.82) is 0 Å². The molecule has 0 radical (unpaired) electrons. The molecule has 3 N–H and O–H groups in total. The minimum atomic E-state index is -0.387. The van der Waals surface area contributed by atoms with Gasteiger partial charge >= 0.3 is 0 Å². The predicted octanol–water partition coefficient (Wildman–Crippen LogP) is 11.7. The van der Waals surface area contributed by atoms with Crippen LogP contribution in [0, 0.1) is 0 Å². The molecular formula is C52H44N4. The summed E-state index contributed by atoms with van der Waals surface area (Å²) in [5.41, 5.74) is 16.4.